The molecule has 0 fully saturated rings. The Kier molecular flexibility index (Phi) is 7.90. The molecule has 0 saturated carbocycles. The Morgan fingerprint density at radius 1 is 1.03 bits per heavy atom. The van der Waals surface area contributed by atoms with Crippen molar-refractivity contribution in [2.75, 3.05) is 5.75 Å². The van der Waals surface area contributed by atoms with Crippen LogP contribution in [0.1, 0.15) is 16.7 Å². The Balaban J connectivity index is 1.37. The van der Waals surface area contributed by atoms with E-state index < -0.39 is 23.5 Å². The number of fused-ring (bicyclic) bond motifs is 2. The summed E-state index contributed by atoms with van der Waals surface area (Å²) in [4.78, 5) is 37.5. The summed E-state index contributed by atoms with van der Waals surface area (Å²) in [6.45, 7) is 1.76. The van der Waals surface area contributed by atoms with E-state index in [0.717, 1.165) is 26.5 Å². The molecule has 0 radical (unpaired) electrons. The van der Waals surface area contributed by atoms with Crippen LogP contribution < -0.4 is 10.9 Å². The molecule has 5 aromatic rings. The molecular weight excluding hydrogens is 582 g/mol. The second-order valence-electron chi connectivity index (χ2n) is 9.13. The molecular formula is C30H24BrNO6S. The van der Waals surface area contributed by atoms with E-state index in [2.05, 4.69) is 21.2 Å². The van der Waals surface area contributed by atoms with Crippen LogP contribution in [-0.4, -0.2) is 28.8 Å². The maximum Gasteiger partial charge on any atom is 0.340 e. The zero-order chi connectivity index (χ0) is 27.5. The summed E-state index contributed by atoms with van der Waals surface area (Å²) in [6, 6.07) is 20.0. The molecule has 0 aliphatic heterocycles. The van der Waals surface area contributed by atoms with Crippen LogP contribution in [0.3, 0.4) is 0 Å². The molecule has 0 bridgehead atoms. The van der Waals surface area contributed by atoms with Gasteiger partial charge in [-0.1, -0.05) is 58.4 Å². The van der Waals surface area contributed by atoms with E-state index in [1.165, 1.54) is 11.8 Å². The molecule has 2 heterocycles. The van der Waals surface area contributed by atoms with Crippen LogP contribution in [0.15, 0.2) is 91.1 Å². The Morgan fingerprint density at radius 2 is 1.77 bits per heavy atom. The predicted molar refractivity (Wildman–Crippen MR) is 156 cm³/mol. The third-order valence-electron chi connectivity index (χ3n) is 6.50. The minimum atomic E-state index is -1.13. The number of nitrogens with one attached hydrogen (secondary N) is 1. The normalized spacial score (nSPS) is 12.1. The number of aliphatic carboxylic acids is 1. The van der Waals surface area contributed by atoms with Gasteiger partial charge in [-0.2, -0.15) is 11.8 Å². The van der Waals surface area contributed by atoms with Gasteiger partial charge in [0.15, 0.2) is 0 Å². The maximum absolute atomic E-state index is 12.9. The monoisotopic (exact) mass is 605 g/mol. The third-order valence-corrected chi connectivity index (χ3v) is 8.14. The second kappa shape index (κ2) is 11.5. The van der Waals surface area contributed by atoms with Gasteiger partial charge in [-0.15, -0.1) is 0 Å². The average Bonchev–Trinajstić information content (AvgIpc) is 3.33. The summed E-state index contributed by atoms with van der Waals surface area (Å²) in [5.74, 6) is -0.872. The quantitative estimate of drug-likeness (QED) is 0.189. The summed E-state index contributed by atoms with van der Waals surface area (Å²) in [5.41, 5.74) is 4.01. The summed E-state index contributed by atoms with van der Waals surface area (Å²) in [7, 11) is 0. The first-order valence-electron chi connectivity index (χ1n) is 12.2. The number of carbonyl (C=O) groups is 2. The van der Waals surface area contributed by atoms with Gasteiger partial charge in [0.2, 0.25) is 5.91 Å². The van der Waals surface area contributed by atoms with Crippen LogP contribution in [-0.2, 0) is 21.8 Å². The molecule has 2 aromatic heterocycles. The minimum Gasteiger partial charge on any atom is -0.480 e. The predicted octanol–water partition coefficient (Wildman–Crippen LogP) is 6.32. The largest absolute Gasteiger partial charge is 0.480 e. The van der Waals surface area contributed by atoms with E-state index in [4.69, 9.17) is 8.83 Å². The van der Waals surface area contributed by atoms with Crippen molar-refractivity contribution >= 4 is 61.5 Å². The fourth-order valence-corrected chi connectivity index (χ4v) is 5.69. The zero-order valence-electron chi connectivity index (χ0n) is 20.9. The van der Waals surface area contributed by atoms with Gasteiger partial charge in [0.1, 0.15) is 17.2 Å². The van der Waals surface area contributed by atoms with Gasteiger partial charge in [0, 0.05) is 38.4 Å². The molecule has 198 valence electrons. The smallest absolute Gasteiger partial charge is 0.340 e. The molecule has 5 rings (SSSR count). The van der Waals surface area contributed by atoms with Gasteiger partial charge < -0.3 is 19.3 Å². The van der Waals surface area contributed by atoms with Gasteiger partial charge >= 0.3 is 11.6 Å². The molecule has 1 amide bonds. The van der Waals surface area contributed by atoms with E-state index in [9.17, 15) is 19.5 Å². The summed E-state index contributed by atoms with van der Waals surface area (Å²) in [6.07, 6.45) is 1.37. The van der Waals surface area contributed by atoms with Gasteiger partial charge in [-0.05, 0) is 41.8 Å². The molecule has 3 aromatic carbocycles. The highest BCUT2D eigenvalue weighted by atomic mass is 79.9. The lowest BCUT2D eigenvalue weighted by molar-refractivity contribution is -0.141. The lowest BCUT2D eigenvalue weighted by atomic mass is 9.99. The van der Waals surface area contributed by atoms with E-state index in [-0.39, 0.29) is 17.7 Å². The zero-order valence-corrected chi connectivity index (χ0v) is 23.3. The van der Waals surface area contributed by atoms with E-state index in [1.54, 1.807) is 19.3 Å². The molecule has 9 heteroatoms. The highest BCUT2D eigenvalue weighted by Crippen LogP contribution is 2.35. The maximum atomic E-state index is 12.9. The van der Waals surface area contributed by atoms with Crippen molar-refractivity contribution in [1.29, 1.82) is 0 Å². The van der Waals surface area contributed by atoms with Crippen LogP contribution >= 0.6 is 27.7 Å². The number of carbonyl (C=O) groups excluding carboxylic acids is 1. The van der Waals surface area contributed by atoms with E-state index in [0.29, 0.717) is 27.9 Å². The van der Waals surface area contributed by atoms with Crippen LogP contribution in [0.5, 0.6) is 0 Å². The highest BCUT2D eigenvalue weighted by Gasteiger charge is 2.23. The van der Waals surface area contributed by atoms with Crippen molar-refractivity contribution in [2.45, 2.75) is 25.1 Å². The average molecular weight is 606 g/mol. The Morgan fingerprint density at radius 3 is 2.49 bits per heavy atom. The number of hydrogen-bond donors (Lipinski definition) is 2. The number of rotatable bonds is 9. The van der Waals surface area contributed by atoms with Crippen molar-refractivity contribution in [3.63, 3.8) is 0 Å². The summed E-state index contributed by atoms with van der Waals surface area (Å²) < 4.78 is 12.3. The number of carboxylic acids is 1. The van der Waals surface area contributed by atoms with Crippen LogP contribution in [0.25, 0.3) is 33.1 Å². The Hall–Kier alpha value is -3.82. The topological polar surface area (TPSA) is 110 Å². The molecule has 0 aliphatic rings. The first-order valence-corrected chi connectivity index (χ1v) is 14.1. The standard InChI is InChI=1S/C30H24BrNO6S/c1-17-21-11-23-24(19-7-9-20(31)10-8-19)14-37-26(23)13-27(21)38-30(36)22(17)12-28(33)32-25(29(34)35)16-39-15-18-5-3-2-4-6-18/h2-11,13-14,25H,12,15-16H2,1H3,(H,32,33)(H,34,35)/t25-/m0/s1. The van der Waals surface area contributed by atoms with E-state index >= 15 is 0 Å². The Bertz CT molecular complexity index is 1730. The van der Waals surface area contributed by atoms with E-state index in [1.807, 2.05) is 60.7 Å². The molecule has 1 atom stereocenters. The first kappa shape index (κ1) is 26.8. The fourth-order valence-electron chi connectivity index (χ4n) is 4.42. The van der Waals surface area contributed by atoms with Gasteiger partial charge in [0.05, 0.1) is 18.2 Å². The molecule has 0 unspecified atom stereocenters. The number of thioether (sulfide) groups is 1. The first-order chi connectivity index (χ1) is 18.8. The van der Waals surface area contributed by atoms with Crippen molar-refractivity contribution in [2.24, 2.45) is 0 Å². The fraction of sp³-hybridized carbons (Fsp3) is 0.167. The van der Waals surface area contributed by atoms with Gasteiger partial charge in [-0.25, -0.2) is 9.59 Å². The molecule has 7 nitrogen and oxygen atoms in total. The number of amides is 1. The third kappa shape index (κ3) is 5.94. The van der Waals surface area contributed by atoms with Crippen molar-refractivity contribution in [3.8, 4) is 11.1 Å². The lowest BCUT2D eigenvalue weighted by Gasteiger charge is -2.15. The number of benzene rings is 3. The summed E-state index contributed by atoms with van der Waals surface area (Å²) in [5, 5.41) is 13.7. The van der Waals surface area contributed by atoms with Crippen LogP contribution in [0.4, 0.5) is 0 Å². The van der Waals surface area contributed by atoms with Crippen LogP contribution in [0, 0.1) is 6.92 Å². The summed E-state index contributed by atoms with van der Waals surface area (Å²) >= 11 is 4.86. The van der Waals surface area contributed by atoms with Crippen LogP contribution in [0.2, 0.25) is 0 Å². The highest BCUT2D eigenvalue weighted by molar-refractivity contribution is 9.10. The second-order valence-corrected chi connectivity index (χ2v) is 11.1. The van der Waals surface area contributed by atoms with Gasteiger partial charge in [0.25, 0.3) is 0 Å². The molecule has 0 aliphatic carbocycles. The number of aryl methyl sites for hydroxylation is 1. The molecule has 39 heavy (non-hydrogen) atoms. The SMILES string of the molecule is Cc1c(CC(=O)N[C@@H](CSCc2ccccc2)C(=O)O)c(=O)oc2cc3occ(-c4ccc(Br)cc4)c3cc12. The number of hydrogen-bond acceptors (Lipinski definition) is 6. The van der Waals surface area contributed by atoms with Gasteiger partial charge in [-0.3, -0.25) is 4.79 Å². The minimum absolute atomic E-state index is 0.189. The number of carboxylic acid groups (broad SMARTS) is 1. The van der Waals surface area contributed by atoms with Crippen molar-refractivity contribution in [1.82, 2.24) is 5.32 Å². The molecule has 2 N–H and O–H groups in total. The number of furan rings is 1. The molecule has 0 spiro atoms. The molecule has 0 saturated heterocycles. The Labute approximate surface area is 236 Å². The number of halogens is 1. The van der Waals surface area contributed by atoms with Crippen molar-refractivity contribution < 1.29 is 23.5 Å². The van der Waals surface area contributed by atoms with Crippen molar-refractivity contribution in [3.05, 3.63) is 105 Å². The lowest BCUT2D eigenvalue weighted by Crippen LogP contribution is -2.43.